The van der Waals surface area contributed by atoms with Crippen LogP contribution in [0.2, 0.25) is 5.02 Å². The maximum atomic E-state index is 11.9. The fourth-order valence-corrected chi connectivity index (χ4v) is 3.09. The molecule has 4 heteroatoms. The Kier molecular flexibility index (Phi) is 6.15. The van der Waals surface area contributed by atoms with Crippen molar-refractivity contribution in [2.24, 2.45) is 0 Å². The maximum absolute atomic E-state index is 11.9. The summed E-state index contributed by atoms with van der Waals surface area (Å²) in [5.41, 5.74) is 3.19. The number of rotatable bonds is 6. The SMILES string of the molecule is Cc1ccccc1CSCCNC(=O)c1ccccc1Cl. The largest absolute Gasteiger partial charge is 0.351 e. The van der Waals surface area contributed by atoms with Crippen LogP contribution in [0.15, 0.2) is 48.5 Å². The predicted molar refractivity (Wildman–Crippen MR) is 91.1 cm³/mol. The van der Waals surface area contributed by atoms with Crippen molar-refractivity contribution in [1.82, 2.24) is 5.32 Å². The molecule has 0 aromatic heterocycles. The minimum Gasteiger partial charge on any atom is -0.351 e. The van der Waals surface area contributed by atoms with Gasteiger partial charge in [-0.25, -0.2) is 0 Å². The van der Waals surface area contributed by atoms with E-state index in [-0.39, 0.29) is 5.91 Å². The molecule has 2 rings (SSSR count). The van der Waals surface area contributed by atoms with Crippen molar-refractivity contribution in [3.05, 3.63) is 70.2 Å². The maximum Gasteiger partial charge on any atom is 0.252 e. The lowest BCUT2D eigenvalue weighted by atomic mass is 10.1. The number of hydrogen-bond acceptors (Lipinski definition) is 2. The van der Waals surface area contributed by atoms with Crippen LogP contribution in [0.1, 0.15) is 21.5 Å². The van der Waals surface area contributed by atoms with E-state index >= 15 is 0 Å². The Labute approximate surface area is 134 Å². The minimum atomic E-state index is -0.114. The zero-order chi connectivity index (χ0) is 15.1. The van der Waals surface area contributed by atoms with Crippen LogP contribution in [0, 0.1) is 6.92 Å². The molecule has 0 aliphatic rings. The first-order chi connectivity index (χ1) is 10.2. The van der Waals surface area contributed by atoms with Crippen LogP contribution >= 0.6 is 23.4 Å². The Hall–Kier alpha value is -1.45. The highest BCUT2D eigenvalue weighted by atomic mass is 35.5. The van der Waals surface area contributed by atoms with E-state index in [1.54, 1.807) is 12.1 Å². The van der Waals surface area contributed by atoms with Gasteiger partial charge in [0.05, 0.1) is 10.6 Å². The van der Waals surface area contributed by atoms with Gasteiger partial charge in [0.2, 0.25) is 0 Å². The van der Waals surface area contributed by atoms with Crippen LogP contribution < -0.4 is 5.32 Å². The van der Waals surface area contributed by atoms with Crippen molar-refractivity contribution in [2.75, 3.05) is 12.3 Å². The molecule has 1 N–H and O–H groups in total. The number of hydrogen-bond donors (Lipinski definition) is 1. The third-order valence-corrected chi connectivity index (χ3v) is 4.51. The van der Waals surface area contributed by atoms with Crippen LogP contribution in [-0.4, -0.2) is 18.2 Å². The van der Waals surface area contributed by atoms with Crippen molar-refractivity contribution in [3.8, 4) is 0 Å². The summed E-state index contributed by atoms with van der Waals surface area (Å²) < 4.78 is 0. The van der Waals surface area contributed by atoms with Gasteiger partial charge in [0, 0.05) is 18.1 Å². The molecule has 21 heavy (non-hydrogen) atoms. The third kappa shape index (κ3) is 4.80. The molecule has 0 bridgehead atoms. The molecule has 1 amide bonds. The van der Waals surface area contributed by atoms with Gasteiger partial charge in [-0.3, -0.25) is 4.79 Å². The first-order valence-corrected chi connectivity index (χ1v) is 8.36. The van der Waals surface area contributed by atoms with Crippen molar-refractivity contribution in [1.29, 1.82) is 0 Å². The summed E-state index contributed by atoms with van der Waals surface area (Å²) in [4.78, 5) is 11.9. The molecule has 110 valence electrons. The Morgan fingerprint density at radius 2 is 1.86 bits per heavy atom. The molecule has 0 aliphatic carbocycles. The van der Waals surface area contributed by atoms with Crippen molar-refractivity contribution in [3.63, 3.8) is 0 Å². The monoisotopic (exact) mass is 319 g/mol. The van der Waals surface area contributed by atoms with E-state index in [9.17, 15) is 4.79 Å². The Morgan fingerprint density at radius 3 is 2.62 bits per heavy atom. The molecule has 0 aliphatic heterocycles. The quantitative estimate of drug-likeness (QED) is 0.804. The van der Waals surface area contributed by atoms with Gasteiger partial charge in [-0.15, -0.1) is 0 Å². The minimum absolute atomic E-state index is 0.114. The normalized spacial score (nSPS) is 10.4. The lowest BCUT2D eigenvalue weighted by Gasteiger charge is -2.07. The number of aryl methyl sites for hydroxylation is 1. The van der Waals surface area contributed by atoms with Crippen LogP contribution in [-0.2, 0) is 5.75 Å². The summed E-state index contributed by atoms with van der Waals surface area (Å²) in [5.74, 6) is 1.73. The lowest BCUT2D eigenvalue weighted by Crippen LogP contribution is -2.26. The predicted octanol–water partition coefficient (Wildman–Crippen LogP) is 4.31. The second-order valence-corrected chi connectivity index (χ2v) is 6.23. The fourth-order valence-electron chi connectivity index (χ4n) is 1.93. The lowest BCUT2D eigenvalue weighted by molar-refractivity contribution is 0.0956. The van der Waals surface area contributed by atoms with Crippen molar-refractivity contribution < 1.29 is 4.79 Å². The molecule has 2 nitrogen and oxygen atoms in total. The van der Waals surface area contributed by atoms with E-state index in [4.69, 9.17) is 11.6 Å². The summed E-state index contributed by atoms with van der Waals surface area (Å²) in [5, 5.41) is 3.38. The molecule has 2 aromatic carbocycles. The first-order valence-electron chi connectivity index (χ1n) is 6.83. The number of thioether (sulfide) groups is 1. The van der Waals surface area contributed by atoms with E-state index < -0.39 is 0 Å². The van der Waals surface area contributed by atoms with Gasteiger partial charge in [-0.1, -0.05) is 48.0 Å². The van der Waals surface area contributed by atoms with Crippen LogP contribution in [0.5, 0.6) is 0 Å². The van der Waals surface area contributed by atoms with Crippen molar-refractivity contribution in [2.45, 2.75) is 12.7 Å². The zero-order valence-corrected chi connectivity index (χ0v) is 13.5. The average Bonchev–Trinajstić information content (AvgIpc) is 2.49. The average molecular weight is 320 g/mol. The number of carbonyl (C=O) groups is 1. The Morgan fingerprint density at radius 1 is 1.14 bits per heavy atom. The number of carbonyl (C=O) groups excluding carboxylic acids is 1. The fraction of sp³-hybridized carbons (Fsp3) is 0.235. The molecule has 0 atom stereocenters. The van der Waals surface area contributed by atoms with Crippen molar-refractivity contribution >= 4 is 29.3 Å². The Bertz CT molecular complexity index is 615. The summed E-state index contributed by atoms with van der Waals surface area (Å²) >= 11 is 7.80. The third-order valence-electron chi connectivity index (χ3n) is 3.17. The standard InChI is InChI=1S/C17H18ClNOS/c1-13-6-2-3-7-14(13)12-21-11-10-19-17(20)15-8-4-5-9-16(15)18/h2-9H,10-12H2,1H3,(H,19,20). The Balaban J connectivity index is 1.72. The van der Waals surface area contributed by atoms with Gasteiger partial charge < -0.3 is 5.32 Å². The molecule has 0 heterocycles. The van der Waals surface area contributed by atoms with Gasteiger partial charge in [0.1, 0.15) is 0 Å². The molecular weight excluding hydrogens is 302 g/mol. The highest BCUT2D eigenvalue weighted by Gasteiger charge is 2.08. The zero-order valence-electron chi connectivity index (χ0n) is 11.9. The second-order valence-electron chi connectivity index (χ2n) is 4.71. The van der Waals surface area contributed by atoms with Gasteiger partial charge in [0.25, 0.3) is 5.91 Å². The van der Waals surface area contributed by atoms with Gasteiger partial charge in [-0.2, -0.15) is 11.8 Å². The summed E-state index contributed by atoms with van der Waals surface area (Å²) in [6, 6.07) is 15.5. The molecule has 0 radical (unpaired) electrons. The van der Waals surface area contributed by atoms with E-state index in [0.29, 0.717) is 17.1 Å². The molecule has 2 aromatic rings. The first kappa shape index (κ1) is 15.9. The van der Waals surface area contributed by atoms with E-state index in [1.807, 2.05) is 30.0 Å². The molecule has 0 fully saturated rings. The number of amides is 1. The smallest absolute Gasteiger partial charge is 0.252 e. The molecule has 0 unspecified atom stereocenters. The summed E-state index contributed by atoms with van der Waals surface area (Å²) in [6.45, 7) is 2.76. The topological polar surface area (TPSA) is 29.1 Å². The number of benzene rings is 2. The van der Waals surface area contributed by atoms with Gasteiger partial charge in [0.15, 0.2) is 0 Å². The van der Waals surface area contributed by atoms with Gasteiger partial charge in [-0.05, 0) is 30.2 Å². The van der Waals surface area contributed by atoms with Crippen LogP contribution in [0.3, 0.4) is 0 Å². The highest BCUT2D eigenvalue weighted by Crippen LogP contribution is 2.16. The summed E-state index contributed by atoms with van der Waals surface area (Å²) in [6.07, 6.45) is 0. The van der Waals surface area contributed by atoms with E-state index in [1.165, 1.54) is 11.1 Å². The number of nitrogens with one attached hydrogen (secondary N) is 1. The van der Waals surface area contributed by atoms with E-state index in [0.717, 1.165) is 11.5 Å². The van der Waals surface area contributed by atoms with Gasteiger partial charge >= 0.3 is 0 Å². The van der Waals surface area contributed by atoms with Crippen LogP contribution in [0.25, 0.3) is 0 Å². The van der Waals surface area contributed by atoms with E-state index in [2.05, 4.69) is 30.4 Å². The summed E-state index contributed by atoms with van der Waals surface area (Å²) in [7, 11) is 0. The molecule has 0 spiro atoms. The molecular formula is C17H18ClNOS. The number of halogens is 1. The second kappa shape index (κ2) is 8.11. The molecule has 0 saturated carbocycles. The van der Waals surface area contributed by atoms with Crippen LogP contribution in [0.4, 0.5) is 0 Å². The highest BCUT2D eigenvalue weighted by molar-refractivity contribution is 7.98. The molecule has 0 saturated heterocycles.